The lowest BCUT2D eigenvalue weighted by atomic mass is 10.2. The normalized spacial score (nSPS) is 16.8. The summed E-state index contributed by atoms with van der Waals surface area (Å²) in [5.74, 6) is 0.126. The Hall–Kier alpha value is -1.66. The number of hydrogen-bond donors (Lipinski definition) is 0. The van der Waals surface area contributed by atoms with Crippen LogP contribution in [0.15, 0.2) is 51.1 Å². The van der Waals surface area contributed by atoms with Crippen LogP contribution in [0.1, 0.15) is 5.56 Å². The van der Waals surface area contributed by atoms with E-state index in [1.165, 1.54) is 17.4 Å². The van der Waals surface area contributed by atoms with Crippen molar-refractivity contribution in [1.29, 1.82) is 0 Å². The van der Waals surface area contributed by atoms with E-state index in [1.54, 1.807) is 29.6 Å². The van der Waals surface area contributed by atoms with Gasteiger partial charge in [-0.05, 0) is 23.6 Å². The Morgan fingerprint density at radius 3 is 2.65 bits per heavy atom. The average molecular weight is 265 g/mol. The predicted molar refractivity (Wildman–Crippen MR) is 65.1 cm³/mol. The monoisotopic (exact) mass is 265 g/mol. The number of rotatable bonds is 1. The van der Waals surface area contributed by atoms with Gasteiger partial charge >= 0.3 is 0 Å². The Balaban J connectivity index is 2.15. The van der Waals surface area contributed by atoms with Crippen molar-refractivity contribution in [2.75, 3.05) is 0 Å². The molecular formula is C11H7NO3S2. The third kappa shape index (κ3) is 1.75. The van der Waals surface area contributed by atoms with Gasteiger partial charge in [0.15, 0.2) is 0 Å². The van der Waals surface area contributed by atoms with Gasteiger partial charge in [0.2, 0.25) is 11.0 Å². The lowest BCUT2D eigenvalue weighted by molar-refractivity contribution is 0.533. The van der Waals surface area contributed by atoms with E-state index in [9.17, 15) is 8.42 Å². The number of benzene rings is 1. The number of thiophene rings is 1. The second-order valence-corrected chi connectivity index (χ2v) is 5.86. The molecule has 0 saturated carbocycles. The van der Waals surface area contributed by atoms with E-state index >= 15 is 0 Å². The lowest BCUT2D eigenvalue weighted by Gasteiger charge is -2.13. The van der Waals surface area contributed by atoms with Gasteiger partial charge in [0.25, 0.3) is 10.0 Å². The van der Waals surface area contributed by atoms with Crippen LogP contribution in [-0.4, -0.2) is 14.3 Å². The first-order valence-corrected chi connectivity index (χ1v) is 7.14. The third-order valence-electron chi connectivity index (χ3n) is 2.29. The second kappa shape index (κ2) is 3.68. The van der Waals surface area contributed by atoms with E-state index in [4.69, 9.17) is 4.74 Å². The predicted octanol–water partition coefficient (Wildman–Crippen LogP) is 2.28. The van der Waals surface area contributed by atoms with E-state index in [0.717, 1.165) is 0 Å². The fourth-order valence-electron chi connectivity index (χ4n) is 1.51. The molecule has 1 aliphatic rings. The standard InChI is InChI=1S/C11H7NO3S2/c13-17(14)9-6-7-16-11(9)15-10(12-17)8-4-2-1-3-5-8/h1-7H. The summed E-state index contributed by atoms with van der Waals surface area (Å²) in [4.78, 5) is 0.141. The summed E-state index contributed by atoms with van der Waals surface area (Å²) >= 11 is 1.24. The van der Waals surface area contributed by atoms with Crippen molar-refractivity contribution in [2.45, 2.75) is 4.90 Å². The molecule has 2 heterocycles. The Labute approximate surface area is 102 Å². The molecule has 0 saturated heterocycles. The molecule has 0 amide bonds. The van der Waals surface area contributed by atoms with Gasteiger partial charge in [-0.25, -0.2) is 0 Å². The molecule has 2 aromatic rings. The summed E-state index contributed by atoms with van der Waals surface area (Å²) < 4.78 is 32.9. The molecule has 1 aromatic carbocycles. The molecule has 6 heteroatoms. The van der Waals surface area contributed by atoms with Crippen LogP contribution in [-0.2, 0) is 10.0 Å². The van der Waals surface area contributed by atoms with Crippen molar-refractivity contribution in [3.8, 4) is 5.06 Å². The summed E-state index contributed by atoms with van der Waals surface area (Å²) in [6, 6.07) is 10.5. The first-order valence-electron chi connectivity index (χ1n) is 4.82. The van der Waals surface area contributed by atoms with Crippen molar-refractivity contribution >= 4 is 27.3 Å². The Bertz CT molecular complexity index is 687. The van der Waals surface area contributed by atoms with Crippen molar-refractivity contribution in [1.82, 2.24) is 0 Å². The molecule has 4 nitrogen and oxygen atoms in total. The highest BCUT2D eigenvalue weighted by Gasteiger charge is 2.28. The zero-order chi connectivity index (χ0) is 11.9. The third-order valence-corrected chi connectivity index (χ3v) is 4.49. The molecular weight excluding hydrogens is 258 g/mol. The van der Waals surface area contributed by atoms with Gasteiger partial charge in [-0.1, -0.05) is 18.2 Å². The molecule has 1 aromatic heterocycles. The zero-order valence-corrected chi connectivity index (χ0v) is 10.2. The first-order chi connectivity index (χ1) is 8.17. The smallest absolute Gasteiger partial charge is 0.290 e. The molecule has 0 atom stereocenters. The van der Waals surface area contributed by atoms with E-state index in [0.29, 0.717) is 10.6 Å². The highest BCUT2D eigenvalue weighted by atomic mass is 32.2. The van der Waals surface area contributed by atoms with Crippen molar-refractivity contribution < 1.29 is 13.2 Å². The largest absolute Gasteiger partial charge is 0.425 e. The maximum Gasteiger partial charge on any atom is 0.290 e. The summed E-state index contributed by atoms with van der Waals surface area (Å²) in [6.07, 6.45) is 0. The Morgan fingerprint density at radius 1 is 1.12 bits per heavy atom. The van der Waals surface area contributed by atoms with Crippen molar-refractivity contribution in [2.24, 2.45) is 4.40 Å². The van der Waals surface area contributed by atoms with Crippen LogP contribution in [0.5, 0.6) is 5.06 Å². The molecule has 3 rings (SSSR count). The van der Waals surface area contributed by atoms with Gasteiger partial charge in [0.1, 0.15) is 4.90 Å². The van der Waals surface area contributed by atoms with E-state index in [2.05, 4.69) is 4.40 Å². The zero-order valence-electron chi connectivity index (χ0n) is 8.53. The van der Waals surface area contributed by atoms with Crippen LogP contribution in [0.4, 0.5) is 0 Å². The summed E-state index contributed by atoms with van der Waals surface area (Å²) in [5, 5.41) is 2.05. The molecule has 0 radical (unpaired) electrons. The van der Waals surface area contributed by atoms with E-state index in [-0.39, 0.29) is 10.8 Å². The Morgan fingerprint density at radius 2 is 1.88 bits per heavy atom. The van der Waals surface area contributed by atoms with Gasteiger partial charge in [-0.2, -0.15) is 8.42 Å². The topological polar surface area (TPSA) is 55.7 Å². The van der Waals surface area contributed by atoms with Gasteiger partial charge in [-0.3, -0.25) is 0 Å². The highest BCUT2D eigenvalue weighted by Crippen LogP contribution is 2.35. The molecule has 0 unspecified atom stereocenters. The van der Waals surface area contributed by atoms with E-state index < -0.39 is 10.0 Å². The highest BCUT2D eigenvalue weighted by molar-refractivity contribution is 7.90. The van der Waals surface area contributed by atoms with Gasteiger partial charge in [0, 0.05) is 5.56 Å². The molecule has 0 spiro atoms. The molecule has 17 heavy (non-hydrogen) atoms. The SMILES string of the molecule is O=S1(=O)N=C(c2ccccc2)Oc2sccc21. The minimum Gasteiger partial charge on any atom is -0.425 e. The van der Waals surface area contributed by atoms with Gasteiger partial charge in [0.05, 0.1) is 0 Å². The summed E-state index contributed by atoms with van der Waals surface area (Å²) in [6.45, 7) is 0. The van der Waals surface area contributed by atoms with Crippen LogP contribution in [0.25, 0.3) is 0 Å². The molecule has 86 valence electrons. The van der Waals surface area contributed by atoms with Crippen LogP contribution < -0.4 is 4.74 Å². The molecule has 1 aliphatic heterocycles. The fraction of sp³-hybridized carbons (Fsp3) is 0. The van der Waals surface area contributed by atoms with Gasteiger partial charge in [-0.15, -0.1) is 15.7 Å². The lowest BCUT2D eigenvalue weighted by Crippen LogP contribution is -2.18. The maximum absolute atomic E-state index is 11.9. The molecule has 0 fully saturated rings. The molecule has 0 aliphatic carbocycles. The fourth-order valence-corrected chi connectivity index (χ4v) is 3.64. The number of fused-ring (bicyclic) bond motifs is 1. The molecule has 0 bridgehead atoms. The number of nitrogens with zero attached hydrogens (tertiary/aromatic N) is 1. The minimum atomic E-state index is -3.62. The quantitative estimate of drug-likeness (QED) is 0.794. The van der Waals surface area contributed by atoms with Crippen LogP contribution >= 0.6 is 11.3 Å². The average Bonchev–Trinajstić information content (AvgIpc) is 2.78. The Kier molecular flexibility index (Phi) is 2.27. The van der Waals surface area contributed by atoms with Crippen molar-refractivity contribution in [3.63, 3.8) is 0 Å². The number of ether oxygens (including phenoxy) is 1. The summed E-state index contributed by atoms with van der Waals surface area (Å²) in [7, 11) is -3.62. The molecule has 0 N–H and O–H groups in total. The minimum absolute atomic E-state index is 0.126. The van der Waals surface area contributed by atoms with E-state index in [1.807, 2.05) is 6.07 Å². The van der Waals surface area contributed by atoms with Crippen LogP contribution in [0, 0.1) is 0 Å². The number of hydrogen-bond acceptors (Lipinski definition) is 4. The maximum atomic E-state index is 11.9. The van der Waals surface area contributed by atoms with Crippen molar-refractivity contribution in [3.05, 3.63) is 47.3 Å². The number of sulfonamides is 1. The van der Waals surface area contributed by atoms with Crippen LogP contribution in [0.2, 0.25) is 0 Å². The second-order valence-electron chi connectivity index (χ2n) is 3.41. The summed E-state index contributed by atoms with van der Waals surface area (Å²) in [5.41, 5.74) is 0.648. The van der Waals surface area contributed by atoms with Gasteiger partial charge < -0.3 is 4.74 Å². The van der Waals surface area contributed by atoms with Crippen LogP contribution in [0.3, 0.4) is 0 Å². The first kappa shape index (κ1) is 10.5.